The van der Waals surface area contributed by atoms with Crippen molar-refractivity contribution in [3.05, 3.63) is 92.3 Å². The summed E-state index contributed by atoms with van der Waals surface area (Å²) in [7, 11) is 3.24. The van der Waals surface area contributed by atoms with Crippen molar-refractivity contribution in [3.63, 3.8) is 0 Å². The van der Waals surface area contributed by atoms with E-state index in [-0.39, 0.29) is 11.6 Å². The summed E-state index contributed by atoms with van der Waals surface area (Å²) >= 11 is 0. The van der Waals surface area contributed by atoms with Gasteiger partial charge in [-0.05, 0) is 18.6 Å². The molecule has 2 aliphatic rings. The molecule has 1 aliphatic carbocycles. The van der Waals surface area contributed by atoms with Crippen LogP contribution in [0.3, 0.4) is 0 Å². The maximum Gasteiger partial charge on any atom is 0.462 e. The van der Waals surface area contributed by atoms with Gasteiger partial charge in [0.2, 0.25) is 5.71 Å². The fraction of sp³-hybridized carbons (Fsp3) is 0.200. The van der Waals surface area contributed by atoms with Gasteiger partial charge in [0.05, 0.1) is 17.1 Å². The highest BCUT2D eigenvalue weighted by Crippen LogP contribution is 2.44. The number of ether oxygens (including phenoxy) is 1. The second-order valence-corrected chi connectivity index (χ2v) is 8.21. The SMILES string of the molecule is CC(=O)OC1=C2C(=[NH+]c3c(c(=O)n(C)c(O)[n+]3C)C2c2ccc(C)cc2)c2ccccc21. The molecule has 3 aromatic rings. The molecule has 160 valence electrons. The van der Waals surface area contributed by atoms with E-state index in [1.807, 2.05) is 55.5 Å². The van der Waals surface area contributed by atoms with Crippen LogP contribution >= 0.6 is 0 Å². The van der Waals surface area contributed by atoms with Crippen LogP contribution < -0.4 is 15.1 Å². The summed E-state index contributed by atoms with van der Waals surface area (Å²) in [6, 6.07) is 15.5. The number of hydrogen-bond acceptors (Lipinski definition) is 4. The summed E-state index contributed by atoms with van der Waals surface area (Å²) in [6.45, 7) is 3.38. The number of aromatic hydroxyl groups is 1. The Bertz CT molecular complexity index is 1430. The summed E-state index contributed by atoms with van der Waals surface area (Å²) in [5.74, 6) is 0.0358. The molecule has 2 aromatic carbocycles. The minimum atomic E-state index is -0.492. The second kappa shape index (κ2) is 7.02. The molecule has 0 spiro atoms. The fourth-order valence-electron chi connectivity index (χ4n) is 4.61. The van der Waals surface area contributed by atoms with Crippen LogP contribution in [0, 0.1) is 6.92 Å². The number of benzene rings is 2. The summed E-state index contributed by atoms with van der Waals surface area (Å²) < 4.78 is 8.52. The number of allylic oxidation sites excluding steroid dienone is 1. The first-order chi connectivity index (χ1) is 15.3. The monoisotopic (exact) mass is 429 g/mol. The van der Waals surface area contributed by atoms with Crippen LogP contribution in [0.15, 0.2) is 58.9 Å². The smallest absolute Gasteiger partial charge is 0.445 e. The fourth-order valence-corrected chi connectivity index (χ4v) is 4.61. The van der Waals surface area contributed by atoms with E-state index in [1.165, 1.54) is 18.5 Å². The number of aromatic nitrogens is 2. The number of aryl methyl sites for hydroxylation is 1. The van der Waals surface area contributed by atoms with E-state index in [0.29, 0.717) is 17.1 Å². The molecule has 2 N–H and O–H groups in total. The lowest BCUT2D eigenvalue weighted by Crippen LogP contribution is -2.75. The van der Waals surface area contributed by atoms with Gasteiger partial charge in [-0.2, -0.15) is 0 Å². The molecule has 32 heavy (non-hydrogen) atoms. The van der Waals surface area contributed by atoms with Crippen molar-refractivity contribution in [1.82, 2.24) is 4.57 Å². The molecule has 1 aromatic heterocycles. The number of fused-ring (bicyclic) bond motifs is 4. The van der Waals surface area contributed by atoms with Crippen LogP contribution in [0.1, 0.15) is 40.7 Å². The molecule has 1 unspecified atom stereocenters. The Balaban J connectivity index is 1.94. The molecule has 0 radical (unpaired) electrons. The molecule has 2 heterocycles. The van der Waals surface area contributed by atoms with Gasteiger partial charge in [-0.15, -0.1) is 4.99 Å². The summed E-state index contributed by atoms with van der Waals surface area (Å²) in [5, 5.41) is 10.5. The number of carbonyl (C=O) groups excluding carboxylic acids is 1. The number of nitrogens with zero attached hydrogens (tertiary/aromatic N) is 2. The Labute approximate surface area is 184 Å². The Morgan fingerprint density at radius 1 is 1.12 bits per heavy atom. The van der Waals surface area contributed by atoms with Crippen molar-refractivity contribution in [2.75, 3.05) is 0 Å². The molecule has 0 saturated heterocycles. The number of carbonyl (C=O) groups is 1. The molecule has 7 heteroatoms. The van der Waals surface area contributed by atoms with E-state index in [9.17, 15) is 14.7 Å². The zero-order valence-electron chi connectivity index (χ0n) is 18.3. The van der Waals surface area contributed by atoms with Gasteiger partial charge in [0.15, 0.2) is 12.6 Å². The first-order valence-electron chi connectivity index (χ1n) is 10.3. The van der Waals surface area contributed by atoms with Crippen molar-refractivity contribution in [3.8, 4) is 6.01 Å². The third kappa shape index (κ3) is 2.74. The standard InChI is InChI=1S/C25H21N3O4/c1-13-9-11-15(12-10-13)18-19-21(16-7-5-6-8-17(16)22(19)32-14(2)29)26-23-20(18)24(30)28(4)25(31)27(23)3/h5-12,18H,1-4H3/p+2. The van der Waals surface area contributed by atoms with Gasteiger partial charge in [-0.3, -0.25) is 9.59 Å². The van der Waals surface area contributed by atoms with Crippen molar-refractivity contribution in [2.45, 2.75) is 19.8 Å². The lowest BCUT2D eigenvalue weighted by atomic mass is 9.81. The Hall–Kier alpha value is -4.00. The normalized spacial score (nSPS) is 16.2. The van der Waals surface area contributed by atoms with Crippen molar-refractivity contribution < 1.29 is 24.2 Å². The Kier molecular flexibility index (Phi) is 4.37. The number of esters is 1. The quantitative estimate of drug-likeness (QED) is 0.467. The van der Waals surface area contributed by atoms with Crippen LogP contribution in [0.4, 0.5) is 5.82 Å². The first kappa shape index (κ1) is 19.9. The van der Waals surface area contributed by atoms with Crippen LogP contribution in [-0.2, 0) is 23.6 Å². The first-order valence-corrected chi connectivity index (χ1v) is 10.3. The molecule has 0 amide bonds. The lowest BCUT2D eigenvalue weighted by molar-refractivity contribution is -0.723. The molecule has 5 rings (SSSR count). The van der Waals surface area contributed by atoms with Gasteiger partial charge in [-0.25, -0.2) is 4.57 Å². The van der Waals surface area contributed by atoms with Crippen LogP contribution in [0.5, 0.6) is 6.01 Å². The largest absolute Gasteiger partial charge is 0.462 e. The third-order valence-corrected chi connectivity index (χ3v) is 6.16. The van der Waals surface area contributed by atoms with E-state index < -0.39 is 11.9 Å². The van der Waals surface area contributed by atoms with Gasteiger partial charge in [0, 0.05) is 19.5 Å². The van der Waals surface area contributed by atoms with Crippen molar-refractivity contribution in [2.24, 2.45) is 14.1 Å². The minimum Gasteiger partial charge on any atom is -0.445 e. The van der Waals surface area contributed by atoms with Gasteiger partial charge in [0.1, 0.15) is 5.76 Å². The molecule has 0 bridgehead atoms. The maximum atomic E-state index is 13.4. The average Bonchev–Trinajstić information content (AvgIpc) is 3.08. The minimum absolute atomic E-state index is 0.163. The van der Waals surface area contributed by atoms with Crippen molar-refractivity contribution >= 4 is 23.3 Å². The van der Waals surface area contributed by atoms with Crippen molar-refractivity contribution in [1.29, 1.82) is 0 Å². The average molecular weight is 429 g/mol. The summed E-state index contributed by atoms with van der Waals surface area (Å²) in [5.41, 5.74) is 5.31. The van der Waals surface area contributed by atoms with E-state index in [1.54, 1.807) is 11.6 Å². The summed E-state index contributed by atoms with van der Waals surface area (Å²) in [6.07, 6.45) is 0. The highest BCUT2D eigenvalue weighted by molar-refractivity contribution is 6.22. The van der Waals surface area contributed by atoms with E-state index >= 15 is 0 Å². The van der Waals surface area contributed by atoms with Crippen LogP contribution in [0.25, 0.3) is 5.76 Å². The highest BCUT2D eigenvalue weighted by Gasteiger charge is 2.49. The van der Waals surface area contributed by atoms with Gasteiger partial charge in [0.25, 0.3) is 5.56 Å². The molecular weight excluding hydrogens is 406 g/mol. The van der Waals surface area contributed by atoms with Crippen LogP contribution in [0.2, 0.25) is 0 Å². The lowest BCUT2D eigenvalue weighted by Gasteiger charge is -2.21. The predicted octanol–water partition coefficient (Wildman–Crippen LogP) is 0.859. The van der Waals surface area contributed by atoms with Gasteiger partial charge in [-0.1, -0.05) is 52.6 Å². The van der Waals surface area contributed by atoms with E-state index in [0.717, 1.165) is 33.5 Å². The molecule has 7 nitrogen and oxygen atoms in total. The molecule has 0 fully saturated rings. The molecular formula is C25H23N3O4+2. The number of rotatable bonds is 2. The zero-order chi connectivity index (χ0) is 22.7. The second-order valence-electron chi connectivity index (χ2n) is 8.21. The topological polar surface area (TPSA) is 86.4 Å². The molecule has 0 saturated carbocycles. The van der Waals surface area contributed by atoms with Crippen LogP contribution in [-0.4, -0.2) is 21.4 Å². The Morgan fingerprint density at radius 3 is 2.44 bits per heavy atom. The third-order valence-electron chi connectivity index (χ3n) is 6.16. The Morgan fingerprint density at radius 2 is 1.78 bits per heavy atom. The highest BCUT2D eigenvalue weighted by atomic mass is 16.5. The number of nitrogens with one attached hydrogen (secondary N) is 1. The number of hydrogen-bond donors (Lipinski definition) is 2. The predicted molar refractivity (Wildman–Crippen MR) is 117 cm³/mol. The molecule has 1 atom stereocenters. The van der Waals surface area contributed by atoms with E-state index in [4.69, 9.17) is 4.74 Å². The van der Waals surface area contributed by atoms with Gasteiger partial charge < -0.3 is 9.84 Å². The molecule has 1 aliphatic heterocycles. The summed E-state index contributed by atoms with van der Waals surface area (Å²) in [4.78, 5) is 28.8. The van der Waals surface area contributed by atoms with E-state index in [2.05, 4.69) is 4.99 Å². The van der Waals surface area contributed by atoms with Gasteiger partial charge >= 0.3 is 17.8 Å². The zero-order valence-corrected chi connectivity index (χ0v) is 18.3. The maximum absolute atomic E-state index is 13.4.